The third-order valence-electron chi connectivity index (χ3n) is 3.64. The van der Waals surface area contributed by atoms with E-state index in [9.17, 15) is 9.59 Å². The van der Waals surface area contributed by atoms with Crippen molar-refractivity contribution in [1.82, 2.24) is 5.43 Å². The minimum Gasteiger partial charge on any atom is -0.494 e. The fraction of sp³-hybridized carbons (Fsp3) is 0.250. The summed E-state index contributed by atoms with van der Waals surface area (Å²) in [5.41, 5.74) is 4.62. The van der Waals surface area contributed by atoms with Gasteiger partial charge in [0.25, 0.3) is 0 Å². The summed E-state index contributed by atoms with van der Waals surface area (Å²) in [6.07, 6.45) is 0.106. The average molecular weight is 388 g/mol. The van der Waals surface area contributed by atoms with E-state index in [2.05, 4.69) is 15.8 Å². The van der Waals surface area contributed by atoms with E-state index in [0.29, 0.717) is 23.0 Å². The topological polar surface area (TPSA) is 79.8 Å². The zero-order chi connectivity index (χ0) is 19.6. The van der Waals surface area contributed by atoms with Gasteiger partial charge in [-0.15, -0.1) is 0 Å². The Bertz CT molecular complexity index is 802. The number of benzene rings is 2. The van der Waals surface area contributed by atoms with Gasteiger partial charge in [-0.2, -0.15) is 5.10 Å². The summed E-state index contributed by atoms with van der Waals surface area (Å²) in [6.45, 7) is 4.27. The molecule has 2 aromatic carbocycles. The lowest BCUT2D eigenvalue weighted by Gasteiger charge is -2.07. The van der Waals surface area contributed by atoms with Crippen LogP contribution >= 0.6 is 11.6 Å². The lowest BCUT2D eigenvalue weighted by atomic mass is 10.1. The maximum atomic E-state index is 11.9. The highest BCUT2D eigenvalue weighted by Gasteiger charge is 2.07. The number of rotatable bonds is 8. The molecule has 0 bridgehead atoms. The summed E-state index contributed by atoms with van der Waals surface area (Å²) in [4.78, 5) is 23.8. The molecule has 0 atom stereocenters. The third-order valence-corrected chi connectivity index (χ3v) is 3.89. The Hall–Kier alpha value is -2.86. The van der Waals surface area contributed by atoms with Crippen LogP contribution in [-0.4, -0.2) is 24.1 Å². The van der Waals surface area contributed by atoms with E-state index in [4.69, 9.17) is 16.3 Å². The van der Waals surface area contributed by atoms with Crippen molar-refractivity contribution < 1.29 is 14.3 Å². The molecular formula is C20H22ClN3O3. The second kappa shape index (κ2) is 10.3. The Balaban J connectivity index is 1.76. The highest BCUT2D eigenvalue weighted by atomic mass is 35.5. The first-order valence-electron chi connectivity index (χ1n) is 8.59. The summed E-state index contributed by atoms with van der Waals surface area (Å²) in [6, 6.07) is 14.2. The number of nitrogens with zero attached hydrogens (tertiary/aromatic N) is 1. The molecule has 2 rings (SSSR count). The summed E-state index contributed by atoms with van der Waals surface area (Å²) < 4.78 is 5.34. The van der Waals surface area contributed by atoms with Crippen molar-refractivity contribution in [1.29, 1.82) is 0 Å². The Labute approximate surface area is 163 Å². The van der Waals surface area contributed by atoms with Gasteiger partial charge in [0.15, 0.2) is 0 Å². The highest BCUT2D eigenvalue weighted by molar-refractivity contribution is 6.30. The molecule has 0 aliphatic heterocycles. The second-order valence-electron chi connectivity index (χ2n) is 5.74. The van der Waals surface area contributed by atoms with Crippen LogP contribution in [0.5, 0.6) is 5.75 Å². The molecule has 142 valence electrons. The molecule has 2 N–H and O–H groups in total. The fourth-order valence-electron chi connectivity index (χ4n) is 2.21. The number of hydrogen-bond donors (Lipinski definition) is 2. The number of ether oxygens (including phenoxy) is 1. The van der Waals surface area contributed by atoms with E-state index < -0.39 is 0 Å². The van der Waals surface area contributed by atoms with Crippen molar-refractivity contribution >= 4 is 34.8 Å². The predicted octanol–water partition coefficient (Wildman–Crippen LogP) is 4.00. The van der Waals surface area contributed by atoms with E-state index in [1.54, 1.807) is 43.3 Å². The van der Waals surface area contributed by atoms with Crippen LogP contribution in [0.4, 0.5) is 5.69 Å². The molecule has 2 amide bonds. The van der Waals surface area contributed by atoms with Crippen LogP contribution < -0.4 is 15.5 Å². The van der Waals surface area contributed by atoms with Gasteiger partial charge < -0.3 is 10.1 Å². The largest absolute Gasteiger partial charge is 0.494 e. The number of hydrogen-bond acceptors (Lipinski definition) is 4. The average Bonchev–Trinajstić information content (AvgIpc) is 2.67. The number of anilines is 1. The summed E-state index contributed by atoms with van der Waals surface area (Å²) in [7, 11) is 0. The maximum Gasteiger partial charge on any atom is 0.240 e. The zero-order valence-corrected chi connectivity index (χ0v) is 16.0. The summed E-state index contributed by atoms with van der Waals surface area (Å²) in [5, 5.41) is 7.41. The van der Waals surface area contributed by atoms with Gasteiger partial charge in [-0.1, -0.05) is 23.7 Å². The molecule has 0 saturated heterocycles. The van der Waals surface area contributed by atoms with Gasteiger partial charge in [-0.25, -0.2) is 5.43 Å². The van der Waals surface area contributed by atoms with Gasteiger partial charge in [0, 0.05) is 23.6 Å². The second-order valence-corrected chi connectivity index (χ2v) is 6.18. The maximum absolute atomic E-state index is 11.9. The normalized spacial score (nSPS) is 11.0. The number of nitrogens with one attached hydrogen (secondary N) is 2. The molecule has 0 fully saturated rings. The monoisotopic (exact) mass is 387 g/mol. The van der Waals surface area contributed by atoms with Gasteiger partial charge >= 0.3 is 0 Å². The molecular weight excluding hydrogens is 366 g/mol. The predicted molar refractivity (Wildman–Crippen MR) is 107 cm³/mol. The van der Waals surface area contributed by atoms with Gasteiger partial charge in [0.05, 0.1) is 12.3 Å². The summed E-state index contributed by atoms with van der Waals surface area (Å²) >= 11 is 5.84. The Morgan fingerprint density at radius 1 is 1.00 bits per heavy atom. The Morgan fingerprint density at radius 2 is 1.63 bits per heavy atom. The van der Waals surface area contributed by atoms with Crippen molar-refractivity contribution in [2.24, 2.45) is 5.10 Å². The zero-order valence-electron chi connectivity index (χ0n) is 15.3. The first-order chi connectivity index (χ1) is 13.0. The van der Waals surface area contributed by atoms with Crippen LogP contribution in [0.1, 0.15) is 32.3 Å². The molecule has 0 aliphatic carbocycles. The van der Waals surface area contributed by atoms with E-state index in [0.717, 1.165) is 11.3 Å². The van der Waals surface area contributed by atoms with Crippen molar-refractivity contribution in [3.63, 3.8) is 0 Å². The first-order valence-corrected chi connectivity index (χ1v) is 8.97. The molecule has 0 spiro atoms. The van der Waals surface area contributed by atoms with Crippen LogP contribution in [0.3, 0.4) is 0 Å². The number of amides is 2. The minimum atomic E-state index is -0.329. The standard InChI is InChI=1S/C20H22ClN3O3/c1-3-27-18-10-8-17(9-11-18)22-19(25)12-13-20(26)24-23-14(2)15-4-6-16(21)7-5-15/h4-11H,3,12-13H2,1-2H3,(H,22,25)(H,24,26)/b23-14+. The minimum absolute atomic E-state index is 0.0419. The molecule has 0 aliphatic rings. The van der Waals surface area contributed by atoms with E-state index in [1.165, 1.54) is 0 Å². The SMILES string of the molecule is CCOc1ccc(NC(=O)CCC(=O)N/N=C(\C)c2ccc(Cl)cc2)cc1. The first kappa shape index (κ1) is 20.5. The van der Waals surface area contributed by atoms with Gasteiger partial charge in [0.1, 0.15) is 5.75 Å². The van der Waals surface area contributed by atoms with Crippen molar-refractivity contribution in [2.75, 3.05) is 11.9 Å². The highest BCUT2D eigenvalue weighted by Crippen LogP contribution is 2.16. The van der Waals surface area contributed by atoms with Crippen molar-refractivity contribution in [3.8, 4) is 5.75 Å². The number of halogens is 1. The summed E-state index contributed by atoms with van der Waals surface area (Å²) in [5.74, 6) is 0.168. The van der Waals surface area contributed by atoms with Crippen LogP contribution in [0.25, 0.3) is 0 Å². The molecule has 2 aromatic rings. The number of hydrazone groups is 1. The Morgan fingerprint density at radius 3 is 2.26 bits per heavy atom. The fourth-order valence-corrected chi connectivity index (χ4v) is 2.34. The van der Waals surface area contributed by atoms with Gasteiger partial charge in [-0.05, 0) is 55.8 Å². The lowest BCUT2D eigenvalue weighted by Crippen LogP contribution is -2.21. The van der Waals surface area contributed by atoms with Crippen LogP contribution in [-0.2, 0) is 9.59 Å². The van der Waals surface area contributed by atoms with E-state index in [-0.39, 0.29) is 24.7 Å². The van der Waals surface area contributed by atoms with Crippen molar-refractivity contribution in [3.05, 3.63) is 59.1 Å². The lowest BCUT2D eigenvalue weighted by molar-refractivity contribution is -0.124. The van der Waals surface area contributed by atoms with Crippen LogP contribution in [0, 0.1) is 0 Å². The number of carbonyl (C=O) groups is 2. The van der Waals surface area contributed by atoms with Crippen molar-refractivity contribution in [2.45, 2.75) is 26.7 Å². The Kier molecular flexibility index (Phi) is 7.82. The molecule has 0 unspecified atom stereocenters. The quantitative estimate of drug-likeness (QED) is 0.530. The molecule has 27 heavy (non-hydrogen) atoms. The van der Waals surface area contributed by atoms with E-state index >= 15 is 0 Å². The molecule has 0 aromatic heterocycles. The molecule has 0 heterocycles. The number of carbonyl (C=O) groups excluding carboxylic acids is 2. The van der Waals surface area contributed by atoms with Gasteiger partial charge in [0.2, 0.25) is 11.8 Å². The molecule has 6 nitrogen and oxygen atoms in total. The molecule has 0 radical (unpaired) electrons. The molecule has 7 heteroatoms. The smallest absolute Gasteiger partial charge is 0.240 e. The van der Waals surface area contributed by atoms with Gasteiger partial charge in [-0.3, -0.25) is 9.59 Å². The third kappa shape index (κ3) is 7.11. The molecule has 0 saturated carbocycles. The van der Waals surface area contributed by atoms with E-state index in [1.807, 2.05) is 19.1 Å². The van der Waals surface area contributed by atoms with Crippen LogP contribution in [0.15, 0.2) is 53.6 Å². The van der Waals surface area contributed by atoms with Crippen LogP contribution in [0.2, 0.25) is 5.02 Å².